The quantitative estimate of drug-likeness (QED) is 0.287. The number of allylic oxidation sites excluding steroid dienone is 1. The van der Waals surface area contributed by atoms with Crippen molar-refractivity contribution >= 4 is 22.9 Å². The molecule has 0 saturated heterocycles. The van der Waals surface area contributed by atoms with Crippen molar-refractivity contribution in [2.24, 2.45) is 17.8 Å². The lowest BCUT2D eigenvalue weighted by atomic mass is 9.85. The van der Waals surface area contributed by atoms with Gasteiger partial charge in [0.1, 0.15) is 6.04 Å². The third kappa shape index (κ3) is 6.62. The van der Waals surface area contributed by atoms with E-state index in [9.17, 15) is 0 Å². The third-order valence-electron chi connectivity index (χ3n) is 7.19. The highest BCUT2D eigenvalue weighted by Gasteiger charge is 2.37. The predicted octanol–water partition coefficient (Wildman–Crippen LogP) is 8.81. The first-order valence-electron chi connectivity index (χ1n) is 12.9. The van der Waals surface area contributed by atoms with Crippen LogP contribution in [-0.4, -0.2) is 17.0 Å². The Bertz CT molecular complexity index is 1020. The van der Waals surface area contributed by atoms with Gasteiger partial charge in [0.25, 0.3) is 0 Å². The second-order valence-corrected chi connectivity index (χ2v) is 12.7. The number of hydrogen-bond donors (Lipinski definition) is 1. The summed E-state index contributed by atoms with van der Waals surface area (Å²) < 4.78 is 0.794. The largest absolute Gasteiger partial charge is 0.385 e. The number of rotatable bonds is 12. The zero-order chi connectivity index (χ0) is 25.9. The van der Waals surface area contributed by atoms with Gasteiger partial charge in [-0.25, -0.2) is 0 Å². The van der Waals surface area contributed by atoms with Gasteiger partial charge in [0.15, 0.2) is 0 Å². The van der Waals surface area contributed by atoms with Gasteiger partial charge in [0, 0.05) is 22.3 Å². The first kappa shape index (κ1) is 27.6. The van der Waals surface area contributed by atoms with Crippen LogP contribution >= 0.6 is 22.9 Å². The highest BCUT2D eigenvalue weighted by atomic mass is 35.5. The Balaban J connectivity index is 2.05. The van der Waals surface area contributed by atoms with Crippen LogP contribution in [0.1, 0.15) is 70.0 Å². The Kier molecular flexibility index (Phi) is 9.34. The Morgan fingerprint density at radius 2 is 1.63 bits per heavy atom. The molecule has 0 bridgehead atoms. The summed E-state index contributed by atoms with van der Waals surface area (Å²) in [6.45, 7) is 27.1. The van der Waals surface area contributed by atoms with Gasteiger partial charge in [-0.15, -0.1) is 11.3 Å². The molecule has 3 rings (SSSR count). The van der Waals surface area contributed by atoms with Crippen LogP contribution in [0.4, 0.5) is 0 Å². The van der Waals surface area contributed by atoms with E-state index in [1.807, 2.05) is 6.07 Å². The highest BCUT2D eigenvalue weighted by molar-refractivity contribution is 7.16. The standard InChI is InChI=1S/C31H43ClN2S/c1-19(2)16-28(20(3)4)34(31(23(8)33-21(5)6)29-14-15-30(32)35-29)24(9)22(7)27-17-25-12-10-11-13-26(25)18-27/h10-15,19,21-22,27-28,31,33H,3,8-9,16-18H2,1-2,4-7H3/t22?,28-,31+/m1/s1. The lowest BCUT2D eigenvalue weighted by Crippen LogP contribution is -2.44. The molecule has 0 spiro atoms. The van der Waals surface area contributed by atoms with Crippen molar-refractivity contribution in [3.8, 4) is 0 Å². The van der Waals surface area contributed by atoms with Crippen molar-refractivity contribution in [3.05, 3.63) is 93.4 Å². The van der Waals surface area contributed by atoms with Gasteiger partial charge >= 0.3 is 0 Å². The van der Waals surface area contributed by atoms with E-state index in [0.717, 1.165) is 40.6 Å². The molecule has 35 heavy (non-hydrogen) atoms. The number of nitrogens with zero attached hydrogens (tertiary/aromatic N) is 1. The number of nitrogens with one attached hydrogen (secondary N) is 1. The molecule has 2 aromatic rings. The summed E-state index contributed by atoms with van der Waals surface area (Å²) in [4.78, 5) is 3.71. The van der Waals surface area contributed by atoms with Crippen molar-refractivity contribution in [1.82, 2.24) is 10.2 Å². The van der Waals surface area contributed by atoms with E-state index in [4.69, 9.17) is 18.2 Å². The fourth-order valence-electron chi connectivity index (χ4n) is 5.40. The van der Waals surface area contributed by atoms with Crippen LogP contribution in [0.5, 0.6) is 0 Å². The van der Waals surface area contributed by atoms with Gasteiger partial charge in [-0.2, -0.15) is 0 Å². The number of hydrogen-bond acceptors (Lipinski definition) is 3. The minimum Gasteiger partial charge on any atom is -0.385 e. The molecule has 2 nitrogen and oxygen atoms in total. The van der Waals surface area contributed by atoms with E-state index in [1.54, 1.807) is 11.3 Å². The lowest BCUT2D eigenvalue weighted by molar-refractivity contribution is 0.170. The molecule has 0 aliphatic heterocycles. The van der Waals surface area contributed by atoms with E-state index in [1.165, 1.54) is 16.0 Å². The maximum absolute atomic E-state index is 6.45. The molecule has 1 aromatic heterocycles. The first-order chi connectivity index (χ1) is 16.5. The Labute approximate surface area is 222 Å². The maximum Gasteiger partial charge on any atom is 0.103 e. The fraction of sp³-hybridized carbons (Fsp3) is 0.484. The molecule has 1 aliphatic rings. The molecule has 190 valence electrons. The van der Waals surface area contributed by atoms with Gasteiger partial charge in [-0.1, -0.05) is 81.9 Å². The van der Waals surface area contributed by atoms with Gasteiger partial charge in [0.05, 0.1) is 10.4 Å². The van der Waals surface area contributed by atoms with Crippen molar-refractivity contribution in [1.29, 1.82) is 0 Å². The summed E-state index contributed by atoms with van der Waals surface area (Å²) in [6.07, 6.45) is 3.22. The molecule has 0 radical (unpaired) electrons. The molecular weight excluding hydrogens is 468 g/mol. The first-order valence-corrected chi connectivity index (χ1v) is 14.1. The molecular formula is C31H43ClN2S. The summed E-state index contributed by atoms with van der Waals surface area (Å²) in [7, 11) is 0. The number of thiophene rings is 1. The van der Waals surface area contributed by atoms with Crippen molar-refractivity contribution in [2.45, 2.75) is 78.9 Å². The van der Waals surface area contributed by atoms with Crippen LogP contribution in [-0.2, 0) is 12.8 Å². The fourth-order valence-corrected chi connectivity index (χ4v) is 6.59. The zero-order valence-corrected chi connectivity index (χ0v) is 24.0. The van der Waals surface area contributed by atoms with Gasteiger partial charge in [-0.3, -0.25) is 0 Å². The van der Waals surface area contributed by atoms with Crippen LogP contribution in [0.25, 0.3) is 0 Å². The molecule has 0 fully saturated rings. The smallest absolute Gasteiger partial charge is 0.103 e. The zero-order valence-electron chi connectivity index (χ0n) is 22.4. The van der Waals surface area contributed by atoms with E-state index < -0.39 is 0 Å². The Morgan fingerprint density at radius 1 is 1.03 bits per heavy atom. The molecule has 1 aromatic carbocycles. The molecule has 1 N–H and O–H groups in total. The van der Waals surface area contributed by atoms with E-state index in [2.05, 4.69) is 95.2 Å². The van der Waals surface area contributed by atoms with Crippen LogP contribution in [0.15, 0.2) is 73.1 Å². The average molecular weight is 511 g/mol. The minimum atomic E-state index is -0.0610. The lowest BCUT2D eigenvalue weighted by Gasteiger charge is -2.45. The predicted molar refractivity (Wildman–Crippen MR) is 155 cm³/mol. The van der Waals surface area contributed by atoms with Crippen molar-refractivity contribution < 1.29 is 0 Å². The number of benzene rings is 1. The molecule has 0 amide bonds. The third-order valence-corrected chi connectivity index (χ3v) is 8.48. The van der Waals surface area contributed by atoms with Crippen LogP contribution in [0, 0.1) is 17.8 Å². The van der Waals surface area contributed by atoms with Gasteiger partial charge < -0.3 is 10.2 Å². The molecule has 0 saturated carbocycles. The number of fused-ring (bicyclic) bond motifs is 1. The summed E-state index contributed by atoms with van der Waals surface area (Å²) in [5, 5.41) is 3.61. The summed E-state index contributed by atoms with van der Waals surface area (Å²) >= 11 is 8.08. The second-order valence-electron chi connectivity index (χ2n) is 11.0. The van der Waals surface area contributed by atoms with Crippen LogP contribution < -0.4 is 5.32 Å². The summed E-state index contributed by atoms with van der Waals surface area (Å²) in [5.74, 6) is 1.38. The normalized spacial score (nSPS) is 16.1. The van der Waals surface area contributed by atoms with E-state index in [0.29, 0.717) is 17.8 Å². The van der Waals surface area contributed by atoms with E-state index in [-0.39, 0.29) is 18.1 Å². The SMILES string of the molecule is C=C(C)[C@@H](CC(C)C)N(C(=C)C(C)C1Cc2ccccc2C1)[C@@H](C(=C)NC(C)C)c1ccc(Cl)s1. The average Bonchev–Trinajstić information content (AvgIpc) is 3.40. The Hall–Kier alpha value is -1.97. The van der Waals surface area contributed by atoms with E-state index >= 15 is 0 Å². The molecule has 1 aliphatic carbocycles. The maximum atomic E-state index is 6.45. The van der Waals surface area contributed by atoms with Gasteiger partial charge in [0.2, 0.25) is 0 Å². The topological polar surface area (TPSA) is 15.3 Å². The Morgan fingerprint density at radius 3 is 2.09 bits per heavy atom. The minimum absolute atomic E-state index is 0.0610. The highest BCUT2D eigenvalue weighted by Crippen LogP contribution is 2.43. The van der Waals surface area contributed by atoms with Crippen molar-refractivity contribution in [3.63, 3.8) is 0 Å². The summed E-state index contributed by atoms with van der Waals surface area (Å²) in [5.41, 5.74) is 6.27. The number of halogens is 1. The van der Waals surface area contributed by atoms with Crippen molar-refractivity contribution in [2.75, 3.05) is 0 Å². The summed E-state index contributed by atoms with van der Waals surface area (Å²) in [6, 6.07) is 13.4. The van der Waals surface area contributed by atoms with Crippen LogP contribution in [0.3, 0.4) is 0 Å². The molecule has 1 heterocycles. The van der Waals surface area contributed by atoms with Gasteiger partial charge in [-0.05, 0) is 81.0 Å². The molecule has 4 heteroatoms. The molecule has 3 atom stereocenters. The van der Waals surface area contributed by atoms with Crippen LogP contribution in [0.2, 0.25) is 4.34 Å². The second kappa shape index (κ2) is 11.8. The molecule has 1 unspecified atom stereocenters. The monoisotopic (exact) mass is 510 g/mol.